The third-order valence-corrected chi connectivity index (χ3v) is 2.80. The molecule has 2 heteroatoms. The number of nitrogens with zero attached hydrogens (tertiary/aromatic N) is 1. The molecule has 0 spiro atoms. The van der Waals surface area contributed by atoms with E-state index >= 15 is 0 Å². The van der Waals surface area contributed by atoms with Gasteiger partial charge in [-0.25, -0.2) is 4.98 Å². The lowest BCUT2D eigenvalue weighted by Gasteiger charge is -2.00. The number of imidazole rings is 1. The first-order valence-electron chi connectivity index (χ1n) is 6.38. The molecule has 2 nitrogen and oxygen atoms in total. The predicted octanol–water partition coefficient (Wildman–Crippen LogP) is 3.66. The Morgan fingerprint density at radius 2 is 1.67 bits per heavy atom. The van der Waals surface area contributed by atoms with Crippen LogP contribution in [0.1, 0.15) is 63.7 Å². The van der Waals surface area contributed by atoms with E-state index in [1.54, 1.807) is 0 Å². The van der Waals surface area contributed by atoms with Gasteiger partial charge in [-0.15, -0.1) is 0 Å². The summed E-state index contributed by atoms with van der Waals surface area (Å²) in [5.74, 6) is 1.16. The van der Waals surface area contributed by atoms with E-state index < -0.39 is 0 Å². The van der Waals surface area contributed by atoms with Crippen LogP contribution in [0.4, 0.5) is 0 Å². The second-order valence-corrected chi connectivity index (χ2v) is 4.17. The highest BCUT2D eigenvalue weighted by Crippen LogP contribution is 2.13. The summed E-state index contributed by atoms with van der Waals surface area (Å²) in [5.41, 5.74) is 2.71. The van der Waals surface area contributed by atoms with E-state index in [9.17, 15) is 0 Å². The zero-order chi connectivity index (χ0) is 11.1. The molecule has 0 saturated heterocycles. The van der Waals surface area contributed by atoms with Crippen LogP contribution in [-0.2, 0) is 19.3 Å². The average molecular weight is 208 g/mol. The minimum Gasteiger partial charge on any atom is -0.346 e. The van der Waals surface area contributed by atoms with Gasteiger partial charge in [0.05, 0.1) is 5.69 Å². The summed E-state index contributed by atoms with van der Waals surface area (Å²) in [6, 6.07) is 0. The lowest BCUT2D eigenvalue weighted by molar-refractivity contribution is 0.741. The number of hydrogen-bond acceptors (Lipinski definition) is 1. The van der Waals surface area contributed by atoms with Gasteiger partial charge in [0.1, 0.15) is 5.82 Å². The first-order valence-corrected chi connectivity index (χ1v) is 6.38. The molecule has 1 aromatic rings. The lowest BCUT2D eigenvalue weighted by atomic mass is 10.1. The second kappa shape index (κ2) is 6.65. The van der Waals surface area contributed by atoms with Crippen LogP contribution < -0.4 is 0 Å². The summed E-state index contributed by atoms with van der Waals surface area (Å²) in [6.07, 6.45) is 8.37. The van der Waals surface area contributed by atoms with Crippen LogP contribution in [0.3, 0.4) is 0 Å². The molecular weight excluding hydrogens is 184 g/mol. The number of H-pyrrole nitrogens is 1. The van der Waals surface area contributed by atoms with Crippen molar-refractivity contribution in [3.63, 3.8) is 0 Å². The fourth-order valence-electron chi connectivity index (χ4n) is 1.78. The molecule has 86 valence electrons. The Bertz CT molecular complexity index is 251. The molecule has 0 aliphatic carbocycles. The van der Waals surface area contributed by atoms with Crippen molar-refractivity contribution in [2.24, 2.45) is 0 Å². The van der Waals surface area contributed by atoms with Crippen LogP contribution >= 0.6 is 0 Å². The predicted molar refractivity (Wildman–Crippen MR) is 65.2 cm³/mol. The topological polar surface area (TPSA) is 28.7 Å². The molecule has 0 aliphatic rings. The second-order valence-electron chi connectivity index (χ2n) is 4.17. The summed E-state index contributed by atoms with van der Waals surface area (Å²) in [7, 11) is 0. The van der Waals surface area contributed by atoms with Crippen molar-refractivity contribution in [2.75, 3.05) is 0 Å². The Labute approximate surface area is 93.5 Å². The van der Waals surface area contributed by atoms with E-state index in [4.69, 9.17) is 0 Å². The summed E-state index contributed by atoms with van der Waals surface area (Å²) in [5, 5.41) is 0. The van der Waals surface area contributed by atoms with E-state index in [0.717, 1.165) is 18.7 Å². The van der Waals surface area contributed by atoms with Crippen molar-refractivity contribution in [1.82, 2.24) is 9.97 Å². The normalized spacial score (nSPS) is 10.9. The Morgan fingerprint density at radius 1 is 1.00 bits per heavy atom. The Kier molecular flexibility index (Phi) is 5.44. The van der Waals surface area contributed by atoms with Crippen LogP contribution in [0.2, 0.25) is 0 Å². The highest BCUT2D eigenvalue weighted by molar-refractivity contribution is 5.15. The molecule has 1 N–H and O–H groups in total. The number of aryl methyl sites for hydroxylation is 3. The summed E-state index contributed by atoms with van der Waals surface area (Å²) >= 11 is 0. The summed E-state index contributed by atoms with van der Waals surface area (Å²) < 4.78 is 0. The third kappa shape index (κ3) is 3.69. The van der Waals surface area contributed by atoms with E-state index in [1.807, 2.05) is 0 Å². The van der Waals surface area contributed by atoms with Crippen molar-refractivity contribution < 1.29 is 0 Å². The van der Waals surface area contributed by atoms with Gasteiger partial charge < -0.3 is 4.98 Å². The van der Waals surface area contributed by atoms with E-state index in [-0.39, 0.29) is 0 Å². The van der Waals surface area contributed by atoms with Crippen LogP contribution in [0.25, 0.3) is 0 Å². The molecule has 0 aliphatic heterocycles. The van der Waals surface area contributed by atoms with Gasteiger partial charge in [-0.1, -0.05) is 33.6 Å². The van der Waals surface area contributed by atoms with Gasteiger partial charge in [0.25, 0.3) is 0 Å². The summed E-state index contributed by atoms with van der Waals surface area (Å²) in [6.45, 7) is 6.63. The van der Waals surface area contributed by atoms with Crippen molar-refractivity contribution in [3.05, 3.63) is 17.2 Å². The number of hydrogen-bond donors (Lipinski definition) is 1. The van der Waals surface area contributed by atoms with E-state index in [2.05, 4.69) is 30.7 Å². The van der Waals surface area contributed by atoms with Gasteiger partial charge in [0.2, 0.25) is 0 Å². The monoisotopic (exact) mass is 208 g/mol. The maximum atomic E-state index is 4.66. The number of aromatic amines is 1. The van der Waals surface area contributed by atoms with Crippen molar-refractivity contribution >= 4 is 0 Å². The maximum Gasteiger partial charge on any atom is 0.106 e. The fourth-order valence-corrected chi connectivity index (χ4v) is 1.78. The Morgan fingerprint density at radius 3 is 2.27 bits per heavy atom. The van der Waals surface area contributed by atoms with Crippen LogP contribution in [0.5, 0.6) is 0 Å². The molecular formula is C13H24N2. The first kappa shape index (κ1) is 12.3. The maximum absolute atomic E-state index is 4.66. The number of nitrogens with one attached hydrogen (secondary N) is 1. The van der Waals surface area contributed by atoms with Gasteiger partial charge >= 0.3 is 0 Å². The molecule has 0 aromatic carbocycles. The molecule has 1 rings (SSSR count). The Hall–Kier alpha value is -0.790. The molecule has 1 aromatic heterocycles. The highest BCUT2D eigenvalue weighted by Gasteiger charge is 2.07. The third-order valence-electron chi connectivity index (χ3n) is 2.80. The minimum absolute atomic E-state index is 1.02. The van der Waals surface area contributed by atoms with Gasteiger partial charge in [-0.05, 0) is 25.7 Å². The van der Waals surface area contributed by atoms with Gasteiger partial charge in [-0.3, -0.25) is 0 Å². The molecule has 0 bridgehead atoms. The van der Waals surface area contributed by atoms with Crippen molar-refractivity contribution in [1.29, 1.82) is 0 Å². The molecule has 0 amide bonds. The van der Waals surface area contributed by atoms with Crippen LogP contribution in [0.15, 0.2) is 0 Å². The minimum atomic E-state index is 1.02. The highest BCUT2D eigenvalue weighted by atomic mass is 14.9. The van der Waals surface area contributed by atoms with Gasteiger partial charge in [-0.2, -0.15) is 0 Å². The zero-order valence-electron chi connectivity index (χ0n) is 10.4. The number of unbranched alkanes of at least 4 members (excludes halogenated alkanes) is 2. The molecule has 1 heterocycles. The fraction of sp³-hybridized carbons (Fsp3) is 0.769. The standard InChI is InChI=1S/C13H24N2/c1-4-7-9-11-12(10-8-5-2)15-13(6-3)14-11/h4-10H2,1-3H3,(H,14,15). The van der Waals surface area contributed by atoms with Gasteiger partial charge in [0, 0.05) is 12.1 Å². The van der Waals surface area contributed by atoms with Gasteiger partial charge in [0.15, 0.2) is 0 Å². The van der Waals surface area contributed by atoms with Crippen LogP contribution in [0, 0.1) is 0 Å². The van der Waals surface area contributed by atoms with Crippen LogP contribution in [-0.4, -0.2) is 9.97 Å². The van der Waals surface area contributed by atoms with E-state index in [0.29, 0.717) is 0 Å². The smallest absolute Gasteiger partial charge is 0.106 e. The molecule has 0 fully saturated rings. The van der Waals surface area contributed by atoms with Crippen molar-refractivity contribution in [3.8, 4) is 0 Å². The lowest BCUT2D eigenvalue weighted by Crippen LogP contribution is -1.93. The van der Waals surface area contributed by atoms with E-state index in [1.165, 1.54) is 43.5 Å². The first-order chi connectivity index (χ1) is 7.31. The number of rotatable bonds is 7. The van der Waals surface area contributed by atoms with Crippen molar-refractivity contribution in [2.45, 2.75) is 65.7 Å². The quantitative estimate of drug-likeness (QED) is 0.728. The zero-order valence-corrected chi connectivity index (χ0v) is 10.4. The molecule has 0 unspecified atom stereocenters. The Balaban J connectivity index is 2.66. The molecule has 0 atom stereocenters. The average Bonchev–Trinajstić information content (AvgIpc) is 2.66. The largest absolute Gasteiger partial charge is 0.346 e. The molecule has 15 heavy (non-hydrogen) atoms. The SMILES string of the molecule is CCCCc1nc(CC)[nH]c1CCCC. The molecule has 0 saturated carbocycles. The molecule has 0 radical (unpaired) electrons. The number of aromatic nitrogens is 2. The summed E-state index contributed by atoms with van der Waals surface area (Å²) in [4.78, 5) is 8.13.